The third-order valence-electron chi connectivity index (χ3n) is 1.81. The molecule has 0 amide bonds. The van der Waals surface area contributed by atoms with Gasteiger partial charge in [0.2, 0.25) is 0 Å². The van der Waals surface area contributed by atoms with Gasteiger partial charge in [0.25, 0.3) is 0 Å². The van der Waals surface area contributed by atoms with Crippen molar-refractivity contribution in [2.24, 2.45) is 0 Å². The highest BCUT2D eigenvalue weighted by Gasteiger charge is 2.51. The van der Waals surface area contributed by atoms with Crippen LogP contribution < -0.4 is 0 Å². The van der Waals surface area contributed by atoms with Gasteiger partial charge < -0.3 is 0 Å². The van der Waals surface area contributed by atoms with Crippen molar-refractivity contribution in [1.82, 2.24) is 0 Å². The fraction of sp³-hybridized carbons (Fsp3) is 1.00. The maximum absolute atomic E-state index is 12.5. The van der Waals surface area contributed by atoms with E-state index in [2.05, 4.69) is 8.37 Å². The molecular formula is C7H8F8O6S2. The van der Waals surface area contributed by atoms with E-state index in [1.807, 2.05) is 0 Å². The molecule has 0 aliphatic carbocycles. The molecule has 0 saturated carbocycles. The van der Waals surface area contributed by atoms with Crippen molar-refractivity contribution < 1.29 is 60.3 Å². The topological polar surface area (TPSA) is 86.7 Å². The van der Waals surface area contributed by atoms with E-state index in [-0.39, 0.29) is 0 Å². The average Bonchev–Trinajstić information content (AvgIpc) is 2.34. The SMILES string of the molecule is O=S(=O)(OCCCOS(=O)(=O)C(F)C(F)(F)F)C(F)C(F)(F)F. The monoisotopic (exact) mass is 404 g/mol. The van der Waals surface area contributed by atoms with Gasteiger partial charge in [-0.05, 0) is 6.42 Å². The van der Waals surface area contributed by atoms with Crippen LogP contribution in [0.25, 0.3) is 0 Å². The normalized spacial score (nSPS) is 17.0. The minimum absolute atomic E-state index is 0.881. The second kappa shape index (κ2) is 7.43. The van der Waals surface area contributed by atoms with Crippen molar-refractivity contribution >= 4 is 20.2 Å². The zero-order valence-corrected chi connectivity index (χ0v) is 12.2. The Morgan fingerprint density at radius 1 is 0.696 bits per heavy atom. The zero-order chi connectivity index (χ0) is 18.7. The second-order valence-electron chi connectivity index (χ2n) is 3.70. The minimum atomic E-state index is -5.77. The van der Waals surface area contributed by atoms with Crippen LogP contribution in [0.5, 0.6) is 0 Å². The molecule has 140 valence electrons. The maximum atomic E-state index is 12.5. The summed E-state index contributed by atoms with van der Waals surface area (Å²) in [6.45, 7) is -2.48. The Morgan fingerprint density at radius 3 is 1.17 bits per heavy atom. The van der Waals surface area contributed by atoms with E-state index in [0.29, 0.717) is 0 Å². The summed E-state index contributed by atoms with van der Waals surface area (Å²) in [5.74, 6) is 0. The molecule has 0 aromatic rings. The Hall–Kier alpha value is -0.740. The summed E-state index contributed by atoms with van der Waals surface area (Å²) in [6.07, 6.45) is -12.4. The van der Waals surface area contributed by atoms with E-state index >= 15 is 0 Å². The molecule has 0 heterocycles. The van der Waals surface area contributed by atoms with Gasteiger partial charge in [-0.2, -0.15) is 43.2 Å². The lowest BCUT2D eigenvalue weighted by Crippen LogP contribution is -2.35. The zero-order valence-electron chi connectivity index (χ0n) is 10.6. The number of hydrogen-bond donors (Lipinski definition) is 0. The molecule has 23 heavy (non-hydrogen) atoms. The third-order valence-corrected chi connectivity index (χ3v) is 4.34. The van der Waals surface area contributed by atoms with Gasteiger partial charge in [-0.15, -0.1) is 0 Å². The molecule has 0 aromatic carbocycles. The predicted octanol–water partition coefficient (Wildman–Crippen LogP) is 1.79. The van der Waals surface area contributed by atoms with Crippen molar-refractivity contribution in [3.8, 4) is 0 Å². The molecule has 0 spiro atoms. The van der Waals surface area contributed by atoms with Crippen molar-refractivity contribution in [3.63, 3.8) is 0 Å². The van der Waals surface area contributed by atoms with Crippen LogP contribution in [0.4, 0.5) is 35.1 Å². The first-order chi connectivity index (χ1) is 10.0. The third kappa shape index (κ3) is 7.13. The average molecular weight is 404 g/mol. The van der Waals surface area contributed by atoms with Crippen LogP contribution in [-0.4, -0.2) is 53.4 Å². The molecule has 0 saturated heterocycles. The van der Waals surface area contributed by atoms with Gasteiger partial charge in [0.05, 0.1) is 13.2 Å². The van der Waals surface area contributed by atoms with Gasteiger partial charge in [0, 0.05) is 0 Å². The largest absolute Gasteiger partial charge is 0.436 e. The summed E-state index contributed by atoms with van der Waals surface area (Å²) < 4.78 is 146. The summed E-state index contributed by atoms with van der Waals surface area (Å²) in [5.41, 5.74) is -8.72. The molecule has 2 atom stereocenters. The molecule has 0 fully saturated rings. The summed E-state index contributed by atoms with van der Waals surface area (Å²) in [7, 11) is -11.4. The summed E-state index contributed by atoms with van der Waals surface area (Å²) >= 11 is 0. The van der Waals surface area contributed by atoms with Crippen LogP contribution >= 0.6 is 0 Å². The molecule has 0 aliphatic heterocycles. The Kier molecular flexibility index (Phi) is 7.20. The lowest BCUT2D eigenvalue weighted by molar-refractivity contribution is -0.158. The molecule has 0 aromatic heterocycles. The van der Waals surface area contributed by atoms with Gasteiger partial charge >= 0.3 is 43.6 Å². The van der Waals surface area contributed by atoms with E-state index in [0.717, 1.165) is 0 Å². The lowest BCUT2D eigenvalue weighted by atomic mass is 10.5. The molecular weight excluding hydrogens is 396 g/mol. The van der Waals surface area contributed by atoms with E-state index < -0.39 is 63.2 Å². The van der Waals surface area contributed by atoms with Crippen LogP contribution in [0.3, 0.4) is 0 Å². The Labute approximate surface area is 124 Å². The standard InChI is InChI=1S/C7H8F8O6S2/c8-4(6(10,11)12)22(16,17)20-2-1-3-21-23(18,19)5(9)7(13,14)15/h4-5H,1-3H2. The molecule has 0 radical (unpaired) electrons. The molecule has 0 bridgehead atoms. The first kappa shape index (κ1) is 22.3. The van der Waals surface area contributed by atoms with Crippen molar-refractivity contribution in [2.75, 3.05) is 13.2 Å². The molecule has 0 aliphatic rings. The summed E-state index contributed by atoms with van der Waals surface area (Å²) in [4.78, 5) is 0. The van der Waals surface area contributed by atoms with Crippen molar-refractivity contribution in [3.05, 3.63) is 0 Å². The van der Waals surface area contributed by atoms with Crippen LogP contribution in [0.2, 0.25) is 0 Å². The molecule has 16 heteroatoms. The van der Waals surface area contributed by atoms with Crippen LogP contribution in [0, 0.1) is 0 Å². The Morgan fingerprint density at radius 2 is 0.957 bits per heavy atom. The molecule has 0 N–H and O–H groups in total. The highest BCUT2D eigenvalue weighted by atomic mass is 32.2. The van der Waals surface area contributed by atoms with Gasteiger partial charge in [0.15, 0.2) is 0 Å². The number of halogens is 8. The summed E-state index contributed by atoms with van der Waals surface area (Å²) in [6, 6.07) is 0. The molecule has 2 unspecified atom stereocenters. The second-order valence-corrected chi connectivity index (χ2v) is 6.97. The van der Waals surface area contributed by atoms with E-state index in [1.165, 1.54) is 0 Å². The van der Waals surface area contributed by atoms with Crippen LogP contribution in [0.15, 0.2) is 0 Å². The van der Waals surface area contributed by atoms with E-state index in [9.17, 15) is 52.0 Å². The molecule has 0 rings (SSSR count). The predicted molar refractivity (Wildman–Crippen MR) is 56.3 cm³/mol. The number of rotatable bonds is 8. The van der Waals surface area contributed by atoms with Crippen molar-refractivity contribution in [1.29, 1.82) is 0 Å². The smallest absolute Gasteiger partial charge is 0.268 e. The van der Waals surface area contributed by atoms with Gasteiger partial charge in [-0.3, -0.25) is 8.37 Å². The van der Waals surface area contributed by atoms with Gasteiger partial charge in [0.1, 0.15) is 0 Å². The fourth-order valence-corrected chi connectivity index (χ4v) is 2.45. The minimum Gasteiger partial charge on any atom is -0.268 e. The molecule has 6 nitrogen and oxygen atoms in total. The van der Waals surface area contributed by atoms with Gasteiger partial charge in [-0.1, -0.05) is 0 Å². The van der Waals surface area contributed by atoms with E-state index in [1.54, 1.807) is 0 Å². The lowest BCUT2D eigenvalue weighted by Gasteiger charge is -2.14. The highest BCUT2D eigenvalue weighted by molar-refractivity contribution is 7.87. The van der Waals surface area contributed by atoms with Crippen LogP contribution in [-0.2, 0) is 28.6 Å². The quantitative estimate of drug-likeness (QED) is 0.348. The number of alkyl halides is 8. The first-order valence-electron chi connectivity index (χ1n) is 5.20. The van der Waals surface area contributed by atoms with Gasteiger partial charge in [-0.25, -0.2) is 8.78 Å². The first-order valence-corrected chi connectivity index (χ1v) is 8.14. The summed E-state index contributed by atoms with van der Waals surface area (Å²) in [5, 5.41) is 0. The van der Waals surface area contributed by atoms with Crippen molar-refractivity contribution in [2.45, 2.75) is 29.8 Å². The number of hydrogen-bond acceptors (Lipinski definition) is 6. The highest BCUT2D eigenvalue weighted by Crippen LogP contribution is 2.29. The van der Waals surface area contributed by atoms with E-state index in [4.69, 9.17) is 0 Å². The fourth-order valence-electron chi connectivity index (χ4n) is 0.856. The Bertz CT molecular complexity index is 527. The van der Waals surface area contributed by atoms with Crippen LogP contribution in [0.1, 0.15) is 6.42 Å². The maximum Gasteiger partial charge on any atom is 0.436 e. The Balaban J connectivity index is 4.40.